The SMILES string of the molecule is COc1cc(C(=O)N2CCC(c3cccs3)=CC2CO)c(NC(=O)O)cc1OCc1ccccc1. The number of rotatable bonds is 8. The molecule has 1 unspecified atom stereocenters. The van der Waals surface area contributed by atoms with Crippen LogP contribution >= 0.6 is 11.3 Å². The van der Waals surface area contributed by atoms with Gasteiger partial charge in [-0.15, -0.1) is 11.3 Å². The number of anilines is 1. The largest absolute Gasteiger partial charge is 0.493 e. The zero-order valence-corrected chi connectivity index (χ0v) is 20.0. The lowest BCUT2D eigenvalue weighted by Crippen LogP contribution is -2.44. The molecule has 1 aromatic heterocycles. The molecule has 2 aromatic carbocycles. The number of hydrogen-bond donors (Lipinski definition) is 3. The van der Waals surface area contributed by atoms with Gasteiger partial charge in [0.15, 0.2) is 11.5 Å². The molecular weight excluding hydrogens is 468 g/mol. The minimum absolute atomic E-state index is 0.0797. The van der Waals surface area contributed by atoms with Gasteiger partial charge in [0, 0.05) is 17.5 Å². The fourth-order valence-electron chi connectivity index (χ4n) is 4.00. The molecule has 0 saturated heterocycles. The summed E-state index contributed by atoms with van der Waals surface area (Å²) in [7, 11) is 1.46. The molecular formula is C26H26N2O6S. The quantitative estimate of drug-likeness (QED) is 0.418. The first-order valence-corrected chi connectivity index (χ1v) is 11.9. The highest BCUT2D eigenvalue weighted by molar-refractivity contribution is 7.11. The van der Waals surface area contributed by atoms with Crippen LogP contribution in [0.2, 0.25) is 0 Å². The molecule has 9 heteroatoms. The molecule has 4 rings (SSSR count). The molecule has 0 fully saturated rings. The summed E-state index contributed by atoms with van der Waals surface area (Å²) in [6, 6.07) is 15.9. The van der Waals surface area contributed by atoms with Crippen molar-refractivity contribution in [3.8, 4) is 11.5 Å². The van der Waals surface area contributed by atoms with Gasteiger partial charge in [0.1, 0.15) is 6.61 Å². The Morgan fingerprint density at radius 2 is 1.94 bits per heavy atom. The number of ether oxygens (including phenoxy) is 2. The molecule has 0 aliphatic carbocycles. The lowest BCUT2D eigenvalue weighted by molar-refractivity contribution is 0.0648. The van der Waals surface area contributed by atoms with E-state index in [-0.39, 0.29) is 24.5 Å². The zero-order chi connectivity index (χ0) is 24.8. The molecule has 2 amide bonds. The van der Waals surface area contributed by atoms with Crippen molar-refractivity contribution in [1.29, 1.82) is 0 Å². The summed E-state index contributed by atoms with van der Waals surface area (Å²) in [5, 5.41) is 23.7. The molecule has 1 aliphatic heterocycles. The standard InChI is InChI=1S/C26H26N2O6S/c1-33-22-13-20(21(27-26(31)32)14-23(22)34-16-17-6-3-2-4-7-17)25(30)28-10-9-18(12-19(28)15-29)24-8-5-11-35-24/h2-8,11-14,19,27,29H,9-10,15-16H2,1H3,(H,31,32). The summed E-state index contributed by atoms with van der Waals surface area (Å²) in [5.41, 5.74) is 2.20. The Labute approximate surface area is 207 Å². The first-order valence-electron chi connectivity index (χ1n) is 11.0. The van der Waals surface area contributed by atoms with Crippen LogP contribution in [-0.4, -0.2) is 53.4 Å². The van der Waals surface area contributed by atoms with Crippen molar-refractivity contribution in [3.63, 3.8) is 0 Å². The van der Waals surface area contributed by atoms with Crippen LogP contribution in [0.1, 0.15) is 27.2 Å². The van der Waals surface area contributed by atoms with Crippen LogP contribution in [-0.2, 0) is 6.61 Å². The van der Waals surface area contributed by atoms with E-state index in [1.165, 1.54) is 19.2 Å². The number of thiophene rings is 1. The third kappa shape index (κ3) is 5.64. The van der Waals surface area contributed by atoms with E-state index in [9.17, 15) is 19.8 Å². The van der Waals surface area contributed by atoms with Gasteiger partial charge in [-0.25, -0.2) is 4.79 Å². The van der Waals surface area contributed by atoms with Crippen molar-refractivity contribution in [3.05, 3.63) is 82.1 Å². The average molecular weight is 495 g/mol. The van der Waals surface area contributed by atoms with Gasteiger partial charge < -0.3 is 24.6 Å². The van der Waals surface area contributed by atoms with E-state index >= 15 is 0 Å². The van der Waals surface area contributed by atoms with Crippen LogP contribution in [0.25, 0.3) is 5.57 Å². The van der Waals surface area contributed by atoms with Crippen LogP contribution in [0.4, 0.5) is 10.5 Å². The molecule has 1 atom stereocenters. The van der Waals surface area contributed by atoms with Crippen LogP contribution < -0.4 is 14.8 Å². The second kappa shape index (κ2) is 11.1. The van der Waals surface area contributed by atoms with Gasteiger partial charge >= 0.3 is 6.09 Å². The first kappa shape index (κ1) is 24.3. The summed E-state index contributed by atoms with van der Waals surface area (Å²) in [6.07, 6.45) is 1.21. The highest BCUT2D eigenvalue weighted by atomic mass is 32.1. The van der Waals surface area contributed by atoms with E-state index in [0.717, 1.165) is 16.0 Å². The summed E-state index contributed by atoms with van der Waals surface area (Å²) < 4.78 is 11.3. The number of amides is 2. The van der Waals surface area contributed by atoms with Crippen molar-refractivity contribution in [2.24, 2.45) is 0 Å². The maximum absolute atomic E-state index is 13.6. The van der Waals surface area contributed by atoms with Gasteiger partial charge in [0.05, 0.1) is 31.0 Å². The summed E-state index contributed by atoms with van der Waals surface area (Å²) >= 11 is 1.61. The number of benzene rings is 2. The fourth-order valence-corrected chi connectivity index (χ4v) is 4.78. The van der Waals surface area contributed by atoms with Crippen molar-refractivity contribution in [2.75, 3.05) is 25.6 Å². The normalized spacial score (nSPS) is 15.3. The van der Waals surface area contributed by atoms with E-state index in [1.54, 1.807) is 16.2 Å². The lowest BCUT2D eigenvalue weighted by atomic mass is 9.99. The maximum atomic E-state index is 13.6. The Kier molecular flexibility index (Phi) is 7.69. The Balaban J connectivity index is 1.64. The van der Waals surface area contributed by atoms with Crippen LogP contribution in [0.15, 0.2) is 66.1 Å². The Bertz CT molecular complexity index is 1210. The van der Waals surface area contributed by atoms with E-state index < -0.39 is 18.0 Å². The van der Waals surface area contributed by atoms with Crippen molar-refractivity contribution in [1.82, 2.24) is 4.90 Å². The molecule has 8 nitrogen and oxygen atoms in total. The van der Waals surface area contributed by atoms with Crippen LogP contribution in [0.3, 0.4) is 0 Å². The van der Waals surface area contributed by atoms with Gasteiger partial charge in [0.2, 0.25) is 0 Å². The van der Waals surface area contributed by atoms with E-state index in [2.05, 4.69) is 5.32 Å². The molecule has 35 heavy (non-hydrogen) atoms. The summed E-state index contributed by atoms with van der Waals surface area (Å²) in [5.74, 6) is 0.184. The second-order valence-corrected chi connectivity index (χ2v) is 8.87. The summed E-state index contributed by atoms with van der Waals surface area (Å²) in [4.78, 5) is 27.7. The smallest absolute Gasteiger partial charge is 0.409 e. The molecule has 0 saturated carbocycles. The Morgan fingerprint density at radius 3 is 2.60 bits per heavy atom. The number of carbonyl (C=O) groups excluding carboxylic acids is 1. The minimum Gasteiger partial charge on any atom is -0.493 e. The van der Waals surface area contributed by atoms with Crippen LogP contribution in [0.5, 0.6) is 11.5 Å². The van der Waals surface area contributed by atoms with E-state index in [0.29, 0.717) is 24.5 Å². The number of carbonyl (C=O) groups is 2. The monoisotopic (exact) mass is 494 g/mol. The third-order valence-electron chi connectivity index (χ3n) is 5.71. The molecule has 0 radical (unpaired) electrons. The summed E-state index contributed by atoms with van der Waals surface area (Å²) in [6.45, 7) is 0.374. The highest BCUT2D eigenvalue weighted by Gasteiger charge is 2.30. The number of hydrogen-bond acceptors (Lipinski definition) is 6. The predicted molar refractivity (Wildman–Crippen MR) is 134 cm³/mol. The van der Waals surface area contributed by atoms with Gasteiger partial charge in [0.25, 0.3) is 5.91 Å². The number of aliphatic hydroxyl groups is 1. The van der Waals surface area contributed by atoms with Gasteiger partial charge in [-0.1, -0.05) is 42.5 Å². The highest BCUT2D eigenvalue weighted by Crippen LogP contribution is 2.36. The molecule has 2 heterocycles. The molecule has 0 bridgehead atoms. The lowest BCUT2D eigenvalue weighted by Gasteiger charge is -2.34. The number of methoxy groups -OCH3 is 1. The molecule has 182 valence electrons. The Morgan fingerprint density at radius 1 is 1.14 bits per heavy atom. The van der Waals surface area contributed by atoms with E-state index in [4.69, 9.17) is 9.47 Å². The topological polar surface area (TPSA) is 108 Å². The number of nitrogens with one attached hydrogen (secondary N) is 1. The minimum atomic E-state index is -1.31. The van der Waals surface area contributed by atoms with E-state index in [1.807, 2.05) is 53.9 Å². The molecule has 3 aromatic rings. The number of aliphatic hydroxyl groups excluding tert-OH is 1. The number of carboxylic acid groups (broad SMARTS) is 1. The van der Waals surface area contributed by atoms with Crippen molar-refractivity contribution >= 4 is 34.6 Å². The zero-order valence-electron chi connectivity index (χ0n) is 19.1. The number of nitrogens with zero attached hydrogens (tertiary/aromatic N) is 1. The van der Waals surface area contributed by atoms with Crippen molar-refractivity contribution in [2.45, 2.75) is 19.1 Å². The van der Waals surface area contributed by atoms with Gasteiger partial charge in [-0.3, -0.25) is 10.1 Å². The molecule has 1 aliphatic rings. The molecule has 0 spiro atoms. The van der Waals surface area contributed by atoms with Crippen LogP contribution in [0, 0.1) is 0 Å². The Hall–Kier alpha value is -3.82. The second-order valence-electron chi connectivity index (χ2n) is 7.92. The van der Waals surface area contributed by atoms with Crippen molar-refractivity contribution < 1.29 is 29.3 Å². The maximum Gasteiger partial charge on any atom is 0.409 e. The first-order chi connectivity index (χ1) is 17.0. The van der Waals surface area contributed by atoms with Gasteiger partial charge in [-0.05, 0) is 35.1 Å². The predicted octanol–water partition coefficient (Wildman–Crippen LogP) is 4.72. The molecule has 3 N–H and O–H groups in total. The fraction of sp³-hybridized carbons (Fsp3) is 0.231. The third-order valence-corrected chi connectivity index (χ3v) is 6.66. The average Bonchev–Trinajstić information content (AvgIpc) is 3.42. The van der Waals surface area contributed by atoms with Gasteiger partial charge in [-0.2, -0.15) is 0 Å².